The molecule has 0 amide bonds. The predicted octanol–water partition coefficient (Wildman–Crippen LogP) is 0.548. The zero-order valence-corrected chi connectivity index (χ0v) is 14.6. The third-order valence-corrected chi connectivity index (χ3v) is 4.41. The molecule has 0 saturated heterocycles. The van der Waals surface area contributed by atoms with E-state index in [1.807, 2.05) is 0 Å². The van der Waals surface area contributed by atoms with Gasteiger partial charge in [-0.25, -0.2) is 0 Å². The molecule has 3 N–H and O–H groups in total. The maximum atomic E-state index is 12.9. The van der Waals surface area contributed by atoms with E-state index in [0.717, 1.165) is 19.1 Å². The zero-order chi connectivity index (χ0) is 20.7. The molecule has 0 spiro atoms. The van der Waals surface area contributed by atoms with E-state index in [9.17, 15) is 39.9 Å². The number of carbonyl (C=O) groups is 3. The predicted molar refractivity (Wildman–Crippen MR) is 92.1 cm³/mol. The van der Waals surface area contributed by atoms with Gasteiger partial charge in [0.15, 0.2) is 11.6 Å². The van der Waals surface area contributed by atoms with Crippen LogP contribution in [0.25, 0.3) is 6.08 Å². The summed E-state index contributed by atoms with van der Waals surface area (Å²) in [5, 5.41) is 52.9. The van der Waals surface area contributed by atoms with E-state index in [-0.39, 0.29) is 40.0 Å². The normalized spacial score (nSPS) is 13.0. The van der Waals surface area contributed by atoms with Gasteiger partial charge >= 0.3 is 0 Å². The molecule has 0 saturated carbocycles. The SMILES string of the molecule is CC(=O)c1c(/C=C(/O)CC(=O)[O-])cc2c(c1[O-])C(=O)c1c(O)cc(O)cc1C2. The van der Waals surface area contributed by atoms with Crippen LogP contribution in [0.4, 0.5) is 0 Å². The number of aliphatic hydroxyl groups is 1. The number of rotatable bonds is 4. The molecule has 0 heterocycles. The molecule has 0 aliphatic heterocycles. The van der Waals surface area contributed by atoms with Crippen LogP contribution < -0.4 is 10.2 Å². The van der Waals surface area contributed by atoms with E-state index in [4.69, 9.17) is 0 Å². The van der Waals surface area contributed by atoms with Crippen molar-refractivity contribution in [3.8, 4) is 17.2 Å². The first kappa shape index (κ1) is 19.0. The molecule has 1 aliphatic rings. The van der Waals surface area contributed by atoms with Crippen molar-refractivity contribution in [1.82, 2.24) is 0 Å². The molecular formula is C20H14O8-2. The van der Waals surface area contributed by atoms with Gasteiger partial charge in [0.05, 0.1) is 11.3 Å². The van der Waals surface area contributed by atoms with Gasteiger partial charge in [0.25, 0.3) is 0 Å². The number of ketones is 2. The minimum absolute atomic E-state index is 0.00782. The third kappa shape index (κ3) is 3.16. The Labute approximate surface area is 158 Å². The van der Waals surface area contributed by atoms with Crippen molar-refractivity contribution >= 4 is 23.6 Å². The van der Waals surface area contributed by atoms with E-state index in [0.29, 0.717) is 5.56 Å². The lowest BCUT2D eigenvalue weighted by Gasteiger charge is -2.27. The molecule has 0 atom stereocenters. The lowest BCUT2D eigenvalue weighted by atomic mass is 9.81. The second-order valence-corrected chi connectivity index (χ2v) is 6.45. The van der Waals surface area contributed by atoms with Crippen molar-refractivity contribution < 1.29 is 39.9 Å². The number of aliphatic carboxylic acids is 1. The number of hydrogen-bond acceptors (Lipinski definition) is 8. The number of aromatic hydroxyl groups is 2. The molecular weight excluding hydrogens is 368 g/mol. The number of benzene rings is 2. The van der Waals surface area contributed by atoms with Crippen LogP contribution in [0.2, 0.25) is 0 Å². The fourth-order valence-electron chi connectivity index (χ4n) is 3.38. The topological polar surface area (TPSA) is 158 Å². The van der Waals surface area contributed by atoms with E-state index < -0.39 is 41.2 Å². The summed E-state index contributed by atoms with van der Waals surface area (Å²) in [6.45, 7) is 1.10. The van der Waals surface area contributed by atoms with Gasteiger partial charge in [-0.1, -0.05) is 5.75 Å². The molecule has 144 valence electrons. The first-order chi connectivity index (χ1) is 13.1. The highest BCUT2D eigenvalue weighted by Gasteiger charge is 2.29. The fourth-order valence-corrected chi connectivity index (χ4v) is 3.38. The highest BCUT2D eigenvalue weighted by Crippen LogP contribution is 2.40. The Morgan fingerprint density at radius 1 is 1.14 bits per heavy atom. The molecule has 0 fully saturated rings. The smallest absolute Gasteiger partial charge is 0.196 e. The van der Waals surface area contributed by atoms with Crippen LogP contribution in [0.5, 0.6) is 17.2 Å². The third-order valence-electron chi connectivity index (χ3n) is 4.41. The van der Waals surface area contributed by atoms with Crippen LogP contribution in [0.1, 0.15) is 56.3 Å². The van der Waals surface area contributed by atoms with Crippen LogP contribution in [-0.4, -0.2) is 32.9 Å². The monoisotopic (exact) mass is 382 g/mol. The Bertz CT molecular complexity index is 1080. The standard InChI is InChI=1S/C20H16O8/c1-8(21)16-10(4-13(23)7-15(25)26)2-9-3-11-5-12(22)6-14(24)17(11)20(28)18(9)19(16)27/h2,4-6,22-24,27H,3,7H2,1H3,(H,25,26)/p-2/b13-4+. The van der Waals surface area contributed by atoms with Crippen molar-refractivity contribution in [2.75, 3.05) is 0 Å². The van der Waals surface area contributed by atoms with Gasteiger partial charge in [-0.2, -0.15) is 0 Å². The first-order valence-corrected chi connectivity index (χ1v) is 8.17. The molecule has 0 unspecified atom stereocenters. The number of aliphatic hydroxyl groups excluding tert-OH is 1. The molecule has 1 aliphatic carbocycles. The molecule has 8 heteroatoms. The van der Waals surface area contributed by atoms with Crippen LogP contribution in [-0.2, 0) is 11.2 Å². The summed E-state index contributed by atoms with van der Waals surface area (Å²) in [6, 6.07) is 3.59. The number of carbonyl (C=O) groups excluding carboxylic acids is 3. The number of hydrogen-bond donors (Lipinski definition) is 3. The number of fused-ring (bicyclic) bond motifs is 2. The molecule has 2 aromatic rings. The lowest BCUT2D eigenvalue weighted by Crippen LogP contribution is -2.22. The second-order valence-electron chi connectivity index (χ2n) is 6.45. The van der Waals surface area contributed by atoms with Gasteiger partial charge in [0.1, 0.15) is 11.5 Å². The lowest BCUT2D eigenvalue weighted by molar-refractivity contribution is -0.305. The van der Waals surface area contributed by atoms with E-state index in [1.165, 1.54) is 12.1 Å². The maximum Gasteiger partial charge on any atom is 0.196 e. The van der Waals surface area contributed by atoms with Crippen molar-refractivity contribution in [3.63, 3.8) is 0 Å². The van der Waals surface area contributed by atoms with Crippen LogP contribution in [0, 0.1) is 0 Å². The summed E-state index contributed by atoms with van der Waals surface area (Å²) in [5.74, 6) is -5.25. The van der Waals surface area contributed by atoms with Crippen LogP contribution in [0.3, 0.4) is 0 Å². The quantitative estimate of drug-likeness (QED) is 0.436. The van der Waals surface area contributed by atoms with Crippen molar-refractivity contribution in [2.24, 2.45) is 0 Å². The van der Waals surface area contributed by atoms with E-state index in [2.05, 4.69) is 0 Å². The molecule has 8 nitrogen and oxygen atoms in total. The van der Waals surface area contributed by atoms with E-state index >= 15 is 0 Å². The van der Waals surface area contributed by atoms with Crippen LogP contribution in [0.15, 0.2) is 24.0 Å². The summed E-state index contributed by atoms with van der Waals surface area (Å²) in [4.78, 5) is 35.4. The van der Waals surface area contributed by atoms with Crippen molar-refractivity contribution in [2.45, 2.75) is 19.8 Å². The fraction of sp³-hybridized carbons (Fsp3) is 0.150. The minimum Gasteiger partial charge on any atom is -0.871 e. The van der Waals surface area contributed by atoms with Gasteiger partial charge in [-0.05, 0) is 48.2 Å². The second kappa shape index (κ2) is 6.73. The molecule has 0 radical (unpaired) electrons. The molecule has 2 aromatic carbocycles. The summed E-state index contributed by atoms with van der Waals surface area (Å²) < 4.78 is 0. The Morgan fingerprint density at radius 3 is 2.39 bits per heavy atom. The van der Waals surface area contributed by atoms with Crippen molar-refractivity contribution in [1.29, 1.82) is 0 Å². The number of carboxylic acid groups (broad SMARTS) is 1. The number of carboxylic acids is 1. The summed E-state index contributed by atoms with van der Waals surface area (Å²) in [6.07, 6.45) is 0.161. The first-order valence-electron chi connectivity index (χ1n) is 8.17. The summed E-state index contributed by atoms with van der Waals surface area (Å²) in [7, 11) is 0. The van der Waals surface area contributed by atoms with E-state index in [1.54, 1.807) is 0 Å². The van der Waals surface area contributed by atoms with Crippen molar-refractivity contribution in [3.05, 3.63) is 57.3 Å². The Balaban J connectivity index is 2.25. The Hall–Kier alpha value is -3.81. The Morgan fingerprint density at radius 2 is 1.79 bits per heavy atom. The summed E-state index contributed by atoms with van der Waals surface area (Å²) in [5.41, 5.74) is -0.298. The van der Waals surface area contributed by atoms with Gasteiger partial charge in [0, 0.05) is 29.6 Å². The van der Waals surface area contributed by atoms with Gasteiger partial charge in [-0.3, -0.25) is 9.59 Å². The molecule has 0 aromatic heterocycles. The highest BCUT2D eigenvalue weighted by molar-refractivity contribution is 6.17. The zero-order valence-electron chi connectivity index (χ0n) is 14.6. The maximum absolute atomic E-state index is 12.9. The number of phenols is 2. The molecule has 0 bridgehead atoms. The van der Waals surface area contributed by atoms with Gasteiger partial charge in [0.2, 0.25) is 0 Å². The highest BCUT2D eigenvalue weighted by atomic mass is 16.4. The average molecular weight is 382 g/mol. The minimum atomic E-state index is -1.55. The Kier molecular flexibility index (Phi) is 4.56. The van der Waals surface area contributed by atoms with Gasteiger partial charge < -0.3 is 30.3 Å². The average Bonchev–Trinajstić information content (AvgIpc) is 2.51. The molecule has 3 rings (SSSR count). The molecule has 28 heavy (non-hydrogen) atoms. The number of phenolic OH excluding ortho intramolecular Hbond substituents is 2. The van der Waals surface area contributed by atoms with Gasteiger partial charge in [-0.15, -0.1) is 0 Å². The van der Waals surface area contributed by atoms with Crippen LogP contribution >= 0.6 is 0 Å². The number of Topliss-reactive ketones (excluding diaryl/α,β-unsaturated/α-hetero) is 1. The largest absolute Gasteiger partial charge is 0.871 e. The summed E-state index contributed by atoms with van der Waals surface area (Å²) >= 11 is 0.